The molecule has 0 atom stereocenters. The second-order valence-electron chi connectivity index (χ2n) is 6.66. The van der Waals surface area contributed by atoms with E-state index in [2.05, 4.69) is 10.0 Å². The van der Waals surface area contributed by atoms with E-state index in [0.717, 1.165) is 11.1 Å². The van der Waals surface area contributed by atoms with Crippen molar-refractivity contribution in [2.75, 3.05) is 17.1 Å². The fourth-order valence-corrected chi connectivity index (χ4v) is 3.95. The van der Waals surface area contributed by atoms with Crippen molar-refractivity contribution in [2.45, 2.75) is 18.7 Å². The Morgan fingerprint density at radius 3 is 1.93 bits per heavy atom. The smallest absolute Gasteiger partial charge is 0.265 e. The monoisotopic (exact) mass is 410 g/mol. The van der Waals surface area contributed by atoms with E-state index in [1.54, 1.807) is 36.4 Å². The molecule has 0 bridgehead atoms. The van der Waals surface area contributed by atoms with Crippen molar-refractivity contribution < 1.29 is 17.9 Å². The summed E-state index contributed by atoms with van der Waals surface area (Å²) in [6.07, 6.45) is 0. The molecule has 3 aromatic carbocycles. The molecule has 0 heterocycles. The van der Waals surface area contributed by atoms with Gasteiger partial charge in [-0.3, -0.25) is 9.52 Å². The number of carbonyl (C=O) groups is 1. The van der Waals surface area contributed by atoms with Gasteiger partial charge in [-0.15, -0.1) is 0 Å². The van der Waals surface area contributed by atoms with Crippen molar-refractivity contribution >= 4 is 27.3 Å². The van der Waals surface area contributed by atoms with Gasteiger partial charge in [-0.25, -0.2) is 8.42 Å². The zero-order valence-corrected chi connectivity index (χ0v) is 17.2. The molecule has 0 aromatic heterocycles. The van der Waals surface area contributed by atoms with Crippen molar-refractivity contribution in [3.05, 3.63) is 83.4 Å². The maximum absolute atomic E-state index is 12.9. The summed E-state index contributed by atoms with van der Waals surface area (Å²) in [5, 5.41) is 2.76. The fraction of sp³-hybridized carbons (Fsp3) is 0.136. The molecular formula is C22H22N2O4S. The molecule has 0 aliphatic rings. The number of aryl methyl sites for hydroxylation is 2. The highest BCUT2D eigenvalue weighted by atomic mass is 32.2. The van der Waals surface area contributed by atoms with Crippen LogP contribution in [0.3, 0.4) is 0 Å². The Balaban J connectivity index is 1.90. The Morgan fingerprint density at radius 2 is 1.38 bits per heavy atom. The SMILES string of the molecule is COc1ccc(C(=O)Nc2ccc(C)cc2)cc1S(=O)(=O)Nc1ccc(C)cc1. The van der Waals surface area contributed by atoms with E-state index in [0.29, 0.717) is 11.4 Å². The van der Waals surface area contributed by atoms with Crippen LogP contribution in [-0.2, 0) is 10.0 Å². The predicted octanol–water partition coefficient (Wildman–Crippen LogP) is 4.37. The van der Waals surface area contributed by atoms with Gasteiger partial charge in [0.15, 0.2) is 0 Å². The molecule has 3 aromatic rings. The molecular weight excluding hydrogens is 388 g/mol. The summed E-state index contributed by atoms with van der Waals surface area (Å²) < 4.78 is 33.6. The molecule has 0 aliphatic heterocycles. The number of sulfonamides is 1. The summed E-state index contributed by atoms with van der Waals surface area (Å²) in [4.78, 5) is 12.5. The third kappa shape index (κ3) is 4.94. The van der Waals surface area contributed by atoms with Crippen molar-refractivity contribution in [3.63, 3.8) is 0 Å². The fourth-order valence-electron chi connectivity index (χ4n) is 2.70. The molecule has 7 heteroatoms. The van der Waals surface area contributed by atoms with Gasteiger partial charge in [-0.1, -0.05) is 35.4 Å². The average molecular weight is 410 g/mol. The Bertz CT molecular complexity index is 1120. The predicted molar refractivity (Wildman–Crippen MR) is 114 cm³/mol. The van der Waals surface area contributed by atoms with Crippen LogP contribution in [0, 0.1) is 13.8 Å². The first-order valence-corrected chi connectivity index (χ1v) is 10.4. The van der Waals surface area contributed by atoms with Gasteiger partial charge >= 0.3 is 0 Å². The zero-order chi connectivity index (χ0) is 21.0. The third-order valence-corrected chi connectivity index (χ3v) is 5.73. The summed E-state index contributed by atoms with van der Waals surface area (Å²) in [5.41, 5.74) is 3.34. The molecule has 3 rings (SSSR count). The Labute approximate surface area is 170 Å². The van der Waals surface area contributed by atoms with Gasteiger partial charge in [-0.2, -0.15) is 0 Å². The lowest BCUT2D eigenvalue weighted by Crippen LogP contribution is -2.17. The van der Waals surface area contributed by atoms with Gasteiger partial charge in [0.25, 0.3) is 15.9 Å². The minimum Gasteiger partial charge on any atom is -0.495 e. The van der Waals surface area contributed by atoms with Crippen molar-refractivity contribution in [2.24, 2.45) is 0 Å². The van der Waals surface area contributed by atoms with Crippen LogP contribution in [0.1, 0.15) is 21.5 Å². The number of benzene rings is 3. The maximum atomic E-state index is 12.9. The number of methoxy groups -OCH3 is 1. The number of hydrogen-bond acceptors (Lipinski definition) is 4. The lowest BCUT2D eigenvalue weighted by atomic mass is 10.2. The highest BCUT2D eigenvalue weighted by Crippen LogP contribution is 2.27. The molecule has 0 aliphatic carbocycles. The maximum Gasteiger partial charge on any atom is 0.265 e. The largest absolute Gasteiger partial charge is 0.495 e. The van der Waals surface area contributed by atoms with Crippen LogP contribution in [0.4, 0.5) is 11.4 Å². The summed E-state index contributed by atoms with van der Waals surface area (Å²) in [7, 11) is -2.58. The molecule has 0 fully saturated rings. The summed E-state index contributed by atoms with van der Waals surface area (Å²) in [6.45, 7) is 3.87. The van der Waals surface area contributed by atoms with Crippen molar-refractivity contribution in [3.8, 4) is 5.75 Å². The van der Waals surface area contributed by atoms with Gasteiger partial charge in [-0.05, 0) is 56.3 Å². The summed E-state index contributed by atoms with van der Waals surface area (Å²) >= 11 is 0. The van der Waals surface area contributed by atoms with Crippen molar-refractivity contribution in [1.82, 2.24) is 0 Å². The second kappa shape index (κ2) is 8.36. The van der Waals surface area contributed by atoms with Crippen molar-refractivity contribution in [1.29, 1.82) is 0 Å². The number of ether oxygens (including phenoxy) is 1. The Kier molecular flexibility index (Phi) is 5.89. The van der Waals surface area contributed by atoms with Crippen LogP contribution in [0.25, 0.3) is 0 Å². The van der Waals surface area contributed by atoms with E-state index in [4.69, 9.17) is 4.74 Å². The number of anilines is 2. The highest BCUT2D eigenvalue weighted by Gasteiger charge is 2.22. The van der Waals surface area contributed by atoms with E-state index < -0.39 is 15.9 Å². The van der Waals surface area contributed by atoms with Crippen LogP contribution >= 0.6 is 0 Å². The molecule has 0 unspecified atom stereocenters. The number of rotatable bonds is 6. The van der Waals surface area contributed by atoms with E-state index in [1.165, 1.54) is 25.3 Å². The number of hydrogen-bond donors (Lipinski definition) is 2. The topological polar surface area (TPSA) is 84.5 Å². The molecule has 1 amide bonds. The molecule has 29 heavy (non-hydrogen) atoms. The normalized spacial score (nSPS) is 11.0. The van der Waals surface area contributed by atoms with Crippen LogP contribution in [0.2, 0.25) is 0 Å². The van der Waals surface area contributed by atoms with Gasteiger partial charge in [0.1, 0.15) is 10.6 Å². The second-order valence-corrected chi connectivity index (χ2v) is 8.31. The van der Waals surface area contributed by atoms with Crippen LogP contribution in [0.15, 0.2) is 71.6 Å². The zero-order valence-electron chi connectivity index (χ0n) is 16.4. The van der Waals surface area contributed by atoms with Gasteiger partial charge in [0, 0.05) is 16.9 Å². The number of carbonyl (C=O) groups excluding carboxylic acids is 1. The van der Waals surface area contributed by atoms with E-state index in [1.807, 2.05) is 26.0 Å². The molecule has 0 radical (unpaired) electrons. The Morgan fingerprint density at radius 1 is 0.828 bits per heavy atom. The number of amides is 1. The standard InChI is InChI=1S/C22H22N2O4S/c1-15-4-9-18(10-5-15)23-22(25)17-8-13-20(28-3)21(14-17)29(26,27)24-19-11-6-16(2)7-12-19/h4-14,24H,1-3H3,(H,23,25). The summed E-state index contributed by atoms with van der Waals surface area (Å²) in [5.74, 6) is -0.264. The third-order valence-electron chi connectivity index (χ3n) is 4.33. The molecule has 2 N–H and O–H groups in total. The first-order valence-electron chi connectivity index (χ1n) is 8.94. The number of nitrogens with one attached hydrogen (secondary N) is 2. The Hall–Kier alpha value is -3.32. The van der Waals surface area contributed by atoms with E-state index in [-0.39, 0.29) is 16.2 Å². The van der Waals surface area contributed by atoms with Gasteiger partial charge < -0.3 is 10.1 Å². The lowest BCUT2D eigenvalue weighted by molar-refractivity contribution is 0.102. The minimum atomic E-state index is -3.96. The first kappa shape index (κ1) is 20.4. The average Bonchev–Trinajstić information content (AvgIpc) is 2.70. The molecule has 150 valence electrons. The highest BCUT2D eigenvalue weighted by molar-refractivity contribution is 7.92. The molecule has 6 nitrogen and oxygen atoms in total. The molecule has 0 saturated heterocycles. The van der Waals surface area contributed by atoms with Crippen LogP contribution in [-0.4, -0.2) is 21.4 Å². The van der Waals surface area contributed by atoms with Crippen LogP contribution in [0.5, 0.6) is 5.75 Å². The summed E-state index contributed by atoms with van der Waals surface area (Å²) in [6, 6.07) is 18.6. The lowest BCUT2D eigenvalue weighted by Gasteiger charge is -2.13. The van der Waals surface area contributed by atoms with E-state index >= 15 is 0 Å². The van der Waals surface area contributed by atoms with Crippen LogP contribution < -0.4 is 14.8 Å². The van der Waals surface area contributed by atoms with Gasteiger partial charge in [0.2, 0.25) is 0 Å². The molecule has 0 saturated carbocycles. The van der Waals surface area contributed by atoms with Gasteiger partial charge in [0.05, 0.1) is 7.11 Å². The first-order chi connectivity index (χ1) is 13.8. The van der Waals surface area contributed by atoms with E-state index in [9.17, 15) is 13.2 Å². The molecule has 0 spiro atoms. The quantitative estimate of drug-likeness (QED) is 0.632. The minimum absolute atomic E-state index is 0.114.